The summed E-state index contributed by atoms with van der Waals surface area (Å²) in [7, 11) is 1.97. The van der Waals surface area contributed by atoms with E-state index >= 15 is 0 Å². The van der Waals surface area contributed by atoms with Crippen LogP contribution in [0.2, 0.25) is 0 Å². The third kappa shape index (κ3) is 3.35. The number of rotatable bonds is 3. The fourth-order valence-corrected chi connectivity index (χ4v) is 1.49. The highest BCUT2D eigenvalue weighted by Crippen LogP contribution is 2.07. The van der Waals surface area contributed by atoms with Crippen LogP contribution in [-0.2, 0) is 6.54 Å². The summed E-state index contributed by atoms with van der Waals surface area (Å²) in [4.78, 5) is 17.1. The second-order valence-electron chi connectivity index (χ2n) is 3.61. The SMILES string of the molecule is CN1CCN=C1NCc1ccc(C(N)=O)o1.I. The van der Waals surface area contributed by atoms with Crippen molar-refractivity contribution < 1.29 is 9.21 Å². The van der Waals surface area contributed by atoms with E-state index < -0.39 is 5.91 Å². The van der Waals surface area contributed by atoms with Gasteiger partial charge >= 0.3 is 0 Å². The number of primary amides is 1. The van der Waals surface area contributed by atoms with E-state index in [2.05, 4.69) is 10.3 Å². The maximum Gasteiger partial charge on any atom is 0.284 e. The molecule has 0 radical (unpaired) electrons. The largest absolute Gasteiger partial charge is 0.454 e. The van der Waals surface area contributed by atoms with E-state index in [9.17, 15) is 4.79 Å². The number of nitrogens with zero attached hydrogens (tertiary/aromatic N) is 2. The van der Waals surface area contributed by atoms with Crippen LogP contribution in [0.4, 0.5) is 0 Å². The Morgan fingerprint density at radius 3 is 2.94 bits per heavy atom. The zero-order valence-electron chi connectivity index (χ0n) is 9.47. The summed E-state index contributed by atoms with van der Waals surface area (Å²) in [5.74, 6) is 1.13. The highest BCUT2D eigenvalue weighted by molar-refractivity contribution is 14.0. The lowest BCUT2D eigenvalue weighted by Crippen LogP contribution is -2.34. The molecule has 3 N–H and O–H groups in total. The van der Waals surface area contributed by atoms with Crippen LogP contribution in [0, 0.1) is 0 Å². The fraction of sp³-hybridized carbons (Fsp3) is 0.400. The van der Waals surface area contributed by atoms with Crippen LogP contribution in [0.25, 0.3) is 0 Å². The monoisotopic (exact) mass is 350 g/mol. The lowest BCUT2D eigenvalue weighted by molar-refractivity contribution is 0.0972. The zero-order valence-corrected chi connectivity index (χ0v) is 11.8. The van der Waals surface area contributed by atoms with Crippen molar-refractivity contribution in [1.82, 2.24) is 10.2 Å². The molecule has 1 aromatic heterocycles. The molecule has 0 fully saturated rings. The van der Waals surface area contributed by atoms with Crippen molar-refractivity contribution in [3.63, 3.8) is 0 Å². The zero-order chi connectivity index (χ0) is 11.5. The van der Waals surface area contributed by atoms with Gasteiger partial charge in [0.15, 0.2) is 11.7 Å². The first-order chi connectivity index (χ1) is 7.66. The number of halogens is 1. The molecule has 2 rings (SSSR count). The molecule has 0 bridgehead atoms. The average molecular weight is 350 g/mol. The number of carbonyl (C=O) groups is 1. The van der Waals surface area contributed by atoms with Crippen molar-refractivity contribution in [3.8, 4) is 0 Å². The number of amides is 1. The maximum absolute atomic E-state index is 10.8. The molecule has 1 aliphatic rings. The lowest BCUT2D eigenvalue weighted by Gasteiger charge is -2.14. The molecule has 0 saturated heterocycles. The van der Waals surface area contributed by atoms with E-state index in [1.807, 2.05) is 11.9 Å². The van der Waals surface area contributed by atoms with E-state index in [0.717, 1.165) is 19.0 Å². The molecular formula is C10H15IN4O2. The first kappa shape index (κ1) is 13.8. The minimum absolute atomic E-state index is 0. The molecule has 0 aliphatic carbocycles. The first-order valence-corrected chi connectivity index (χ1v) is 5.05. The second kappa shape index (κ2) is 5.89. The van der Waals surface area contributed by atoms with Gasteiger partial charge in [0.1, 0.15) is 5.76 Å². The van der Waals surface area contributed by atoms with Crippen LogP contribution < -0.4 is 11.1 Å². The summed E-state index contributed by atoms with van der Waals surface area (Å²) in [6.07, 6.45) is 0. The van der Waals surface area contributed by atoms with Crippen molar-refractivity contribution in [2.75, 3.05) is 20.1 Å². The standard InChI is InChI=1S/C10H14N4O2.HI/c1-14-5-4-12-10(14)13-6-7-2-3-8(16-7)9(11)15;/h2-3H,4-6H2,1H3,(H2,11,15)(H,12,13);1H. The van der Waals surface area contributed by atoms with Crippen molar-refractivity contribution in [2.45, 2.75) is 6.54 Å². The molecule has 1 aliphatic heterocycles. The van der Waals surface area contributed by atoms with Crippen molar-refractivity contribution >= 4 is 35.8 Å². The Labute approximate surface area is 116 Å². The van der Waals surface area contributed by atoms with E-state index in [4.69, 9.17) is 10.2 Å². The number of furan rings is 1. The number of hydrogen-bond acceptors (Lipinski definition) is 5. The van der Waals surface area contributed by atoms with E-state index in [1.54, 1.807) is 12.1 Å². The van der Waals surface area contributed by atoms with Gasteiger partial charge in [-0.15, -0.1) is 24.0 Å². The van der Waals surface area contributed by atoms with Gasteiger partial charge in [-0.3, -0.25) is 9.79 Å². The summed E-state index contributed by atoms with van der Waals surface area (Å²) < 4.78 is 5.23. The molecular weight excluding hydrogens is 335 g/mol. The average Bonchev–Trinajstić information content (AvgIpc) is 2.83. The maximum atomic E-state index is 10.8. The van der Waals surface area contributed by atoms with Gasteiger partial charge in [0, 0.05) is 13.6 Å². The van der Waals surface area contributed by atoms with Crippen LogP contribution in [0.3, 0.4) is 0 Å². The normalized spacial score (nSPS) is 14.2. The van der Waals surface area contributed by atoms with Crippen LogP contribution in [0.1, 0.15) is 16.3 Å². The second-order valence-corrected chi connectivity index (χ2v) is 3.61. The van der Waals surface area contributed by atoms with Crippen molar-refractivity contribution in [1.29, 1.82) is 0 Å². The Bertz CT molecular complexity index is 430. The van der Waals surface area contributed by atoms with Crippen LogP contribution in [0.15, 0.2) is 21.5 Å². The number of nitrogens with one attached hydrogen (secondary N) is 1. The molecule has 94 valence electrons. The van der Waals surface area contributed by atoms with E-state index in [1.165, 1.54) is 0 Å². The number of nitrogens with two attached hydrogens (primary N) is 1. The first-order valence-electron chi connectivity index (χ1n) is 5.05. The molecule has 17 heavy (non-hydrogen) atoms. The molecule has 1 aromatic rings. The summed E-state index contributed by atoms with van der Waals surface area (Å²) in [6.45, 7) is 2.23. The van der Waals surface area contributed by atoms with Crippen LogP contribution in [-0.4, -0.2) is 36.9 Å². The van der Waals surface area contributed by atoms with E-state index in [-0.39, 0.29) is 29.7 Å². The van der Waals surface area contributed by atoms with Gasteiger partial charge in [0.2, 0.25) is 0 Å². The Hall–Kier alpha value is -1.25. The van der Waals surface area contributed by atoms with Crippen molar-refractivity contribution in [3.05, 3.63) is 23.7 Å². The smallest absolute Gasteiger partial charge is 0.284 e. The Morgan fingerprint density at radius 2 is 2.41 bits per heavy atom. The van der Waals surface area contributed by atoms with Gasteiger partial charge < -0.3 is 20.4 Å². The molecule has 6 nitrogen and oxygen atoms in total. The predicted molar refractivity (Wildman–Crippen MR) is 74.4 cm³/mol. The van der Waals surface area contributed by atoms with Gasteiger partial charge in [-0.05, 0) is 12.1 Å². The lowest BCUT2D eigenvalue weighted by atomic mass is 10.4. The summed E-state index contributed by atoms with van der Waals surface area (Å²) in [6, 6.07) is 3.29. The highest BCUT2D eigenvalue weighted by Gasteiger charge is 2.12. The third-order valence-corrected chi connectivity index (χ3v) is 2.38. The molecule has 0 aromatic carbocycles. The fourth-order valence-electron chi connectivity index (χ4n) is 1.49. The number of hydrogen-bond donors (Lipinski definition) is 2. The van der Waals surface area contributed by atoms with Crippen LogP contribution >= 0.6 is 24.0 Å². The Kier molecular flexibility index (Phi) is 4.79. The minimum atomic E-state index is -0.554. The molecule has 0 spiro atoms. The van der Waals surface area contributed by atoms with Gasteiger partial charge in [-0.1, -0.05) is 0 Å². The minimum Gasteiger partial charge on any atom is -0.454 e. The molecule has 2 heterocycles. The molecule has 0 saturated carbocycles. The molecule has 0 unspecified atom stereocenters. The van der Waals surface area contributed by atoms with Crippen molar-refractivity contribution in [2.24, 2.45) is 10.7 Å². The molecule has 7 heteroatoms. The number of likely N-dealkylation sites (N-methyl/N-ethyl adjacent to an activating group) is 1. The summed E-state index contributed by atoms with van der Waals surface area (Å²) in [5.41, 5.74) is 5.08. The van der Waals surface area contributed by atoms with Gasteiger partial charge in [-0.2, -0.15) is 0 Å². The topological polar surface area (TPSA) is 83.9 Å². The van der Waals surface area contributed by atoms with Crippen LogP contribution in [0.5, 0.6) is 0 Å². The number of guanidine groups is 1. The van der Waals surface area contributed by atoms with Gasteiger partial charge in [-0.25, -0.2) is 0 Å². The number of carbonyl (C=O) groups excluding carboxylic acids is 1. The Morgan fingerprint density at radius 1 is 1.65 bits per heavy atom. The summed E-state index contributed by atoms with van der Waals surface area (Å²) in [5, 5.41) is 3.13. The molecule has 1 amide bonds. The summed E-state index contributed by atoms with van der Waals surface area (Å²) >= 11 is 0. The Balaban J connectivity index is 0.00000144. The highest BCUT2D eigenvalue weighted by atomic mass is 127. The predicted octanol–water partition coefficient (Wildman–Crippen LogP) is 0.387. The molecule has 0 atom stereocenters. The quantitative estimate of drug-likeness (QED) is 0.773. The van der Waals surface area contributed by atoms with E-state index in [0.29, 0.717) is 12.3 Å². The van der Waals surface area contributed by atoms with Gasteiger partial charge in [0.05, 0.1) is 13.1 Å². The van der Waals surface area contributed by atoms with Gasteiger partial charge in [0.25, 0.3) is 5.91 Å². The number of aliphatic imine (C=N–C) groups is 1. The third-order valence-electron chi connectivity index (χ3n) is 2.38.